The van der Waals surface area contributed by atoms with Gasteiger partial charge in [0.05, 0.1) is 5.92 Å². The van der Waals surface area contributed by atoms with Crippen LogP contribution in [0.15, 0.2) is 29.2 Å². The fourth-order valence-electron chi connectivity index (χ4n) is 3.02. The molecule has 2 heterocycles. The maximum absolute atomic E-state index is 12.7. The highest BCUT2D eigenvalue weighted by Crippen LogP contribution is 2.40. The van der Waals surface area contributed by atoms with Gasteiger partial charge in [-0.25, -0.2) is 4.79 Å². The average molecular weight is 291 g/mol. The van der Waals surface area contributed by atoms with Crippen LogP contribution in [0, 0.1) is 0 Å². The molecule has 2 atom stereocenters. The van der Waals surface area contributed by atoms with E-state index in [9.17, 15) is 14.7 Å². The van der Waals surface area contributed by atoms with E-state index in [0.717, 1.165) is 29.1 Å². The van der Waals surface area contributed by atoms with Gasteiger partial charge >= 0.3 is 5.97 Å². The summed E-state index contributed by atoms with van der Waals surface area (Å²) >= 11 is 1.68. The van der Waals surface area contributed by atoms with Crippen LogP contribution in [0.5, 0.6) is 0 Å². The number of hydrogen-bond donors (Lipinski definition) is 1. The van der Waals surface area contributed by atoms with E-state index >= 15 is 0 Å². The highest BCUT2D eigenvalue weighted by atomic mass is 32.2. The monoisotopic (exact) mass is 291 g/mol. The molecule has 1 saturated heterocycles. The summed E-state index contributed by atoms with van der Waals surface area (Å²) < 4.78 is 0. The van der Waals surface area contributed by atoms with Gasteiger partial charge in [0, 0.05) is 17.2 Å². The summed E-state index contributed by atoms with van der Waals surface area (Å²) in [5.74, 6) is -0.358. The molecule has 0 spiro atoms. The quantitative estimate of drug-likeness (QED) is 0.908. The van der Waals surface area contributed by atoms with Crippen molar-refractivity contribution in [2.24, 2.45) is 0 Å². The second-order valence-electron chi connectivity index (χ2n) is 5.28. The Bertz CT molecular complexity index is 546. The number of likely N-dealkylation sites (tertiary alicyclic amines) is 1. The standard InChI is InChI=1S/C15H17NO3S/c17-14(16-8-4-3-6-12(16)15(18)19)11-9-20-13-7-2-1-5-10(11)13/h1-2,5,7,11-12H,3-4,6,8-9H2,(H,18,19)/t11?,12-/m0/s1. The summed E-state index contributed by atoms with van der Waals surface area (Å²) in [6.45, 7) is 0.569. The first-order valence-electron chi connectivity index (χ1n) is 6.93. The Morgan fingerprint density at radius 2 is 2.05 bits per heavy atom. The van der Waals surface area contributed by atoms with Gasteiger partial charge in [-0.1, -0.05) is 18.2 Å². The van der Waals surface area contributed by atoms with E-state index in [4.69, 9.17) is 0 Å². The molecule has 5 heteroatoms. The van der Waals surface area contributed by atoms with Crippen LogP contribution < -0.4 is 0 Å². The molecule has 1 amide bonds. The lowest BCUT2D eigenvalue weighted by molar-refractivity contribution is -0.152. The second-order valence-corrected chi connectivity index (χ2v) is 6.34. The number of thioether (sulfide) groups is 1. The molecular weight excluding hydrogens is 274 g/mol. The van der Waals surface area contributed by atoms with E-state index in [0.29, 0.717) is 13.0 Å². The summed E-state index contributed by atoms with van der Waals surface area (Å²) in [4.78, 5) is 26.8. The number of aliphatic carboxylic acids is 1. The number of piperidine rings is 1. The normalized spacial score (nSPS) is 25.3. The lowest BCUT2D eigenvalue weighted by Crippen LogP contribution is -2.49. The number of benzene rings is 1. The average Bonchev–Trinajstić information content (AvgIpc) is 2.90. The molecule has 1 fully saturated rings. The van der Waals surface area contributed by atoms with Crippen molar-refractivity contribution in [1.82, 2.24) is 4.90 Å². The Kier molecular flexibility index (Phi) is 3.70. The highest BCUT2D eigenvalue weighted by Gasteiger charge is 2.38. The molecule has 1 aromatic rings. The van der Waals surface area contributed by atoms with E-state index in [-0.39, 0.29) is 11.8 Å². The van der Waals surface area contributed by atoms with Crippen molar-refractivity contribution in [2.75, 3.05) is 12.3 Å². The van der Waals surface area contributed by atoms with Crippen LogP contribution in [0.1, 0.15) is 30.7 Å². The number of hydrogen-bond acceptors (Lipinski definition) is 3. The van der Waals surface area contributed by atoms with Gasteiger partial charge in [0.1, 0.15) is 6.04 Å². The molecule has 0 saturated carbocycles. The molecule has 3 rings (SSSR count). The van der Waals surface area contributed by atoms with E-state index < -0.39 is 12.0 Å². The number of carboxylic acid groups (broad SMARTS) is 1. The van der Waals surface area contributed by atoms with Gasteiger partial charge in [-0.3, -0.25) is 4.79 Å². The molecule has 1 N–H and O–H groups in total. The Morgan fingerprint density at radius 1 is 1.25 bits per heavy atom. The zero-order valence-corrected chi connectivity index (χ0v) is 11.9. The Labute approximate surface area is 122 Å². The molecule has 4 nitrogen and oxygen atoms in total. The van der Waals surface area contributed by atoms with Crippen molar-refractivity contribution in [2.45, 2.75) is 36.1 Å². The first-order valence-corrected chi connectivity index (χ1v) is 7.92. The zero-order valence-electron chi connectivity index (χ0n) is 11.1. The van der Waals surface area contributed by atoms with E-state index in [1.54, 1.807) is 16.7 Å². The topological polar surface area (TPSA) is 57.6 Å². The highest BCUT2D eigenvalue weighted by molar-refractivity contribution is 7.99. The summed E-state index contributed by atoms with van der Waals surface area (Å²) in [6, 6.07) is 7.28. The smallest absolute Gasteiger partial charge is 0.326 e. The predicted molar refractivity (Wildman–Crippen MR) is 76.9 cm³/mol. The first-order chi connectivity index (χ1) is 9.68. The molecule has 2 aliphatic rings. The minimum Gasteiger partial charge on any atom is -0.480 e. The molecule has 0 aromatic heterocycles. The predicted octanol–water partition coefficient (Wildman–Crippen LogP) is 2.34. The van der Waals surface area contributed by atoms with Gasteiger partial charge in [0.15, 0.2) is 0 Å². The summed E-state index contributed by atoms with van der Waals surface area (Å²) in [6.07, 6.45) is 2.36. The van der Waals surface area contributed by atoms with Crippen LogP contribution >= 0.6 is 11.8 Å². The molecular formula is C15H17NO3S. The number of rotatable bonds is 2. The van der Waals surface area contributed by atoms with Crippen molar-refractivity contribution in [3.05, 3.63) is 29.8 Å². The van der Waals surface area contributed by atoms with Crippen molar-refractivity contribution in [1.29, 1.82) is 0 Å². The van der Waals surface area contributed by atoms with Crippen LogP contribution in [-0.2, 0) is 9.59 Å². The third-order valence-electron chi connectivity index (χ3n) is 4.07. The molecule has 106 valence electrons. The third kappa shape index (κ3) is 2.30. The maximum Gasteiger partial charge on any atom is 0.326 e. The second kappa shape index (κ2) is 5.48. The number of nitrogens with zero attached hydrogens (tertiary/aromatic N) is 1. The number of carbonyl (C=O) groups is 2. The number of fused-ring (bicyclic) bond motifs is 1. The number of amides is 1. The third-order valence-corrected chi connectivity index (χ3v) is 5.25. The van der Waals surface area contributed by atoms with Crippen LogP contribution in [-0.4, -0.2) is 40.2 Å². The van der Waals surface area contributed by atoms with Crippen molar-refractivity contribution in [3.63, 3.8) is 0 Å². The van der Waals surface area contributed by atoms with Gasteiger partial charge in [-0.15, -0.1) is 11.8 Å². The van der Waals surface area contributed by atoms with Crippen LogP contribution in [0.2, 0.25) is 0 Å². The summed E-state index contributed by atoms with van der Waals surface area (Å²) in [5, 5.41) is 9.30. The first kappa shape index (κ1) is 13.5. The molecule has 20 heavy (non-hydrogen) atoms. The SMILES string of the molecule is O=C(O)[C@@H]1CCCCN1C(=O)C1CSc2ccccc21. The fraction of sp³-hybridized carbons (Fsp3) is 0.467. The van der Waals surface area contributed by atoms with Crippen molar-refractivity contribution < 1.29 is 14.7 Å². The van der Waals surface area contributed by atoms with Gasteiger partial charge in [-0.2, -0.15) is 0 Å². The van der Waals surface area contributed by atoms with Crippen molar-refractivity contribution in [3.8, 4) is 0 Å². The van der Waals surface area contributed by atoms with Crippen LogP contribution in [0.4, 0.5) is 0 Å². The minimum atomic E-state index is -0.878. The van der Waals surface area contributed by atoms with E-state index in [1.165, 1.54) is 0 Å². The Hall–Kier alpha value is -1.49. The Morgan fingerprint density at radius 3 is 2.85 bits per heavy atom. The van der Waals surface area contributed by atoms with E-state index in [1.807, 2.05) is 24.3 Å². The molecule has 0 aliphatic carbocycles. The van der Waals surface area contributed by atoms with Gasteiger partial charge in [0.2, 0.25) is 5.91 Å². The van der Waals surface area contributed by atoms with Crippen LogP contribution in [0.25, 0.3) is 0 Å². The van der Waals surface area contributed by atoms with Crippen LogP contribution in [0.3, 0.4) is 0 Å². The number of carboxylic acids is 1. The summed E-state index contributed by atoms with van der Waals surface area (Å²) in [7, 11) is 0. The van der Waals surface area contributed by atoms with E-state index in [2.05, 4.69) is 0 Å². The lowest BCUT2D eigenvalue weighted by Gasteiger charge is -2.34. The lowest BCUT2D eigenvalue weighted by atomic mass is 9.95. The summed E-state index contributed by atoms with van der Waals surface area (Å²) in [5.41, 5.74) is 1.05. The largest absolute Gasteiger partial charge is 0.480 e. The minimum absolute atomic E-state index is 0.0189. The van der Waals surface area contributed by atoms with Gasteiger partial charge in [0.25, 0.3) is 0 Å². The van der Waals surface area contributed by atoms with Crippen molar-refractivity contribution >= 4 is 23.6 Å². The molecule has 0 radical (unpaired) electrons. The molecule has 2 aliphatic heterocycles. The molecule has 0 bridgehead atoms. The van der Waals surface area contributed by atoms with Gasteiger partial charge < -0.3 is 10.0 Å². The van der Waals surface area contributed by atoms with Gasteiger partial charge in [-0.05, 0) is 30.9 Å². The zero-order chi connectivity index (χ0) is 14.1. The fourth-order valence-corrected chi connectivity index (χ4v) is 4.24. The molecule has 1 unspecified atom stereocenters. The molecule has 1 aromatic carbocycles. The number of carbonyl (C=O) groups excluding carboxylic acids is 1. The maximum atomic E-state index is 12.7. The Balaban J connectivity index is 1.84.